The summed E-state index contributed by atoms with van der Waals surface area (Å²) in [5.41, 5.74) is 1.55. The van der Waals surface area contributed by atoms with Crippen LogP contribution in [0.1, 0.15) is 18.4 Å². The summed E-state index contributed by atoms with van der Waals surface area (Å²) in [6, 6.07) is 9.42. The number of hydrogen-bond acceptors (Lipinski definition) is 4. The van der Waals surface area contributed by atoms with Crippen molar-refractivity contribution >= 4 is 11.8 Å². The van der Waals surface area contributed by atoms with Gasteiger partial charge >= 0.3 is 0 Å². The molecule has 110 valence electrons. The Morgan fingerprint density at radius 1 is 1.40 bits per heavy atom. The van der Waals surface area contributed by atoms with Crippen LogP contribution in [0.3, 0.4) is 0 Å². The van der Waals surface area contributed by atoms with E-state index >= 15 is 0 Å². The zero-order valence-electron chi connectivity index (χ0n) is 12.2. The largest absolute Gasteiger partial charge is 0.378 e. The second-order valence-electron chi connectivity index (χ2n) is 5.58. The number of rotatable bonds is 5. The van der Waals surface area contributed by atoms with Gasteiger partial charge in [-0.2, -0.15) is 0 Å². The van der Waals surface area contributed by atoms with Crippen LogP contribution in [0, 0.1) is 0 Å². The maximum absolute atomic E-state index is 5.66. The summed E-state index contributed by atoms with van der Waals surface area (Å²) in [6.45, 7) is 8.23. The Balaban J connectivity index is 1.64. The van der Waals surface area contributed by atoms with Gasteiger partial charge in [0.05, 0.1) is 13.2 Å². The highest BCUT2D eigenvalue weighted by atomic mass is 32.2. The summed E-state index contributed by atoms with van der Waals surface area (Å²) in [7, 11) is 0. The molecule has 0 saturated carbocycles. The summed E-state index contributed by atoms with van der Waals surface area (Å²) >= 11 is 2.01. The van der Waals surface area contributed by atoms with Gasteiger partial charge in [0.2, 0.25) is 0 Å². The molecule has 1 fully saturated rings. The Bertz CT molecular complexity index is 440. The molecule has 0 aromatic heterocycles. The average Bonchev–Trinajstić information content (AvgIpc) is 2.90. The summed E-state index contributed by atoms with van der Waals surface area (Å²) in [5, 5.41) is 3.47. The molecule has 0 radical (unpaired) electrons. The molecule has 2 aliphatic heterocycles. The molecule has 3 nitrogen and oxygen atoms in total. The number of ether oxygens (including phenoxy) is 1. The van der Waals surface area contributed by atoms with Crippen molar-refractivity contribution in [1.29, 1.82) is 0 Å². The average molecular weight is 292 g/mol. The fourth-order valence-corrected chi connectivity index (χ4v) is 4.33. The van der Waals surface area contributed by atoms with Crippen molar-refractivity contribution in [3.8, 4) is 0 Å². The number of nitrogens with one attached hydrogen (secondary N) is 1. The molecule has 2 heterocycles. The zero-order chi connectivity index (χ0) is 13.8. The second-order valence-corrected chi connectivity index (χ2v) is 6.64. The molecule has 1 aromatic rings. The maximum atomic E-state index is 5.66. The molecule has 0 amide bonds. The number of hydrogen-bond donors (Lipinski definition) is 1. The fourth-order valence-electron chi connectivity index (χ4n) is 3.09. The van der Waals surface area contributed by atoms with E-state index < -0.39 is 0 Å². The van der Waals surface area contributed by atoms with E-state index in [0.29, 0.717) is 12.0 Å². The summed E-state index contributed by atoms with van der Waals surface area (Å²) in [6.07, 6.45) is 0. The first-order valence-electron chi connectivity index (χ1n) is 7.62. The molecular formula is C16H24N2OS. The van der Waals surface area contributed by atoms with Crippen LogP contribution in [-0.2, 0) is 4.74 Å². The van der Waals surface area contributed by atoms with E-state index in [0.717, 1.165) is 32.8 Å². The predicted octanol–water partition coefficient (Wildman–Crippen LogP) is 2.19. The van der Waals surface area contributed by atoms with Crippen molar-refractivity contribution in [1.82, 2.24) is 10.2 Å². The topological polar surface area (TPSA) is 24.5 Å². The van der Waals surface area contributed by atoms with Gasteiger partial charge in [0.25, 0.3) is 0 Å². The van der Waals surface area contributed by atoms with E-state index in [1.165, 1.54) is 17.2 Å². The summed E-state index contributed by atoms with van der Waals surface area (Å²) in [4.78, 5) is 4.11. The van der Waals surface area contributed by atoms with Gasteiger partial charge < -0.3 is 10.1 Å². The Hall–Kier alpha value is -0.550. The molecule has 1 saturated heterocycles. The predicted molar refractivity (Wildman–Crippen MR) is 84.6 cm³/mol. The van der Waals surface area contributed by atoms with E-state index in [4.69, 9.17) is 4.74 Å². The van der Waals surface area contributed by atoms with Gasteiger partial charge in [0.15, 0.2) is 0 Å². The van der Waals surface area contributed by atoms with E-state index in [9.17, 15) is 0 Å². The van der Waals surface area contributed by atoms with Crippen LogP contribution in [0.15, 0.2) is 29.2 Å². The van der Waals surface area contributed by atoms with Crippen LogP contribution in [0.5, 0.6) is 0 Å². The Morgan fingerprint density at radius 3 is 3.20 bits per heavy atom. The molecule has 20 heavy (non-hydrogen) atoms. The first-order valence-corrected chi connectivity index (χ1v) is 8.61. The minimum Gasteiger partial charge on any atom is -0.378 e. The third-order valence-corrected chi connectivity index (χ3v) is 5.49. The quantitative estimate of drug-likeness (QED) is 0.899. The molecule has 2 atom stereocenters. The normalized spacial score (nSPS) is 26.6. The van der Waals surface area contributed by atoms with Crippen LogP contribution < -0.4 is 5.32 Å². The van der Waals surface area contributed by atoms with Crippen molar-refractivity contribution in [2.45, 2.75) is 23.8 Å². The third-order valence-electron chi connectivity index (χ3n) is 4.23. The van der Waals surface area contributed by atoms with E-state index in [2.05, 4.69) is 41.4 Å². The standard InChI is InChI=1S/C16H24N2OS/c1-2-17-9-14-11-19-8-7-18(14)10-13-12-20-16-6-4-3-5-15(13)16/h3-6,13-14,17H,2,7-12H2,1H3. The van der Waals surface area contributed by atoms with Crippen LogP contribution in [0.25, 0.3) is 0 Å². The highest BCUT2D eigenvalue weighted by Gasteiger charge is 2.29. The minimum absolute atomic E-state index is 0.529. The van der Waals surface area contributed by atoms with Gasteiger partial charge in [-0.25, -0.2) is 0 Å². The fraction of sp³-hybridized carbons (Fsp3) is 0.625. The lowest BCUT2D eigenvalue weighted by Crippen LogP contribution is -2.51. The van der Waals surface area contributed by atoms with Gasteiger partial charge in [-0.3, -0.25) is 4.90 Å². The SMILES string of the molecule is CCNCC1COCCN1CC1CSc2ccccc21. The van der Waals surface area contributed by atoms with Gasteiger partial charge in [0, 0.05) is 42.2 Å². The molecule has 0 aliphatic carbocycles. The molecule has 4 heteroatoms. The molecule has 1 N–H and O–H groups in total. The highest BCUT2D eigenvalue weighted by molar-refractivity contribution is 7.99. The van der Waals surface area contributed by atoms with E-state index in [1.54, 1.807) is 5.56 Å². The zero-order valence-corrected chi connectivity index (χ0v) is 13.0. The van der Waals surface area contributed by atoms with E-state index in [-0.39, 0.29) is 0 Å². The molecule has 2 unspecified atom stereocenters. The maximum Gasteiger partial charge on any atom is 0.0634 e. The number of nitrogens with zero attached hydrogens (tertiary/aromatic N) is 1. The molecule has 2 aliphatic rings. The molecule has 0 spiro atoms. The van der Waals surface area contributed by atoms with Crippen LogP contribution in [0.2, 0.25) is 0 Å². The van der Waals surface area contributed by atoms with Crippen molar-refractivity contribution in [2.75, 3.05) is 45.1 Å². The van der Waals surface area contributed by atoms with Crippen molar-refractivity contribution < 1.29 is 4.74 Å². The minimum atomic E-state index is 0.529. The van der Waals surface area contributed by atoms with Crippen molar-refractivity contribution in [3.63, 3.8) is 0 Å². The number of benzene rings is 1. The Kier molecular flexibility index (Phi) is 4.99. The first kappa shape index (κ1) is 14.4. The van der Waals surface area contributed by atoms with Gasteiger partial charge in [-0.05, 0) is 18.2 Å². The second kappa shape index (κ2) is 6.94. The van der Waals surface area contributed by atoms with Crippen LogP contribution >= 0.6 is 11.8 Å². The third kappa shape index (κ3) is 3.19. The van der Waals surface area contributed by atoms with Crippen LogP contribution in [-0.4, -0.2) is 56.1 Å². The highest BCUT2D eigenvalue weighted by Crippen LogP contribution is 2.39. The summed E-state index contributed by atoms with van der Waals surface area (Å²) in [5.74, 6) is 1.91. The molecular weight excluding hydrogens is 268 g/mol. The molecule has 3 rings (SSSR count). The number of fused-ring (bicyclic) bond motifs is 1. The molecule has 1 aromatic carbocycles. The number of morpholine rings is 1. The first-order chi connectivity index (χ1) is 9.88. The number of thioether (sulfide) groups is 1. The lowest BCUT2D eigenvalue weighted by Gasteiger charge is -2.37. The summed E-state index contributed by atoms with van der Waals surface area (Å²) < 4.78 is 5.66. The number of likely N-dealkylation sites (N-methyl/N-ethyl adjacent to an activating group) is 1. The Morgan fingerprint density at radius 2 is 2.30 bits per heavy atom. The van der Waals surface area contributed by atoms with Crippen molar-refractivity contribution in [3.05, 3.63) is 29.8 Å². The lowest BCUT2D eigenvalue weighted by atomic mass is 10.00. The van der Waals surface area contributed by atoms with Gasteiger partial charge in [0.1, 0.15) is 0 Å². The lowest BCUT2D eigenvalue weighted by molar-refractivity contribution is -0.00843. The molecule has 0 bridgehead atoms. The Labute approximate surface area is 126 Å². The smallest absolute Gasteiger partial charge is 0.0634 e. The van der Waals surface area contributed by atoms with E-state index in [1.807, 2.05) is 11.8 Å². The van der Waals surface area contributed by atoms with Crippen LogP contribution in [0.4, 0.5) is 0 Å². The monoisotopic (exact) mass is 292 g/mol. The van der Waals surface area contributed by atoms with Gasteiger partial charge in [-0.1, -0.05) is 25.1 Å². The van der Waals surface area contributed by atoms with Crippen molar-refractivity contribution in [2.24, 2.45) is 0 Å². The van der Waals surface area contributed by atoms with Gasteiger partial charge in [-0.15, -0.1) is 11.8 Å².